The summed E-state index contributed by atoms with van der Waals surface area (Å²) in [5.41, 5.74) is 1.20. The van der Waals surface area contributed by atoms with Crippen LogP contribution in [0.25, 0.3) is 0 Å². The van der Waals surface area contributed by atoms with Crippen LogP contribution in [0.4, 0.5) is 25.1 Å². The van der Waals surface area contributed by atoms with Crippen molar-refractivity contribution in [1.29, 1.82) is 0 Å². The van der Waals surface area contributed by atoms with Gasteiger partial charge in [0.2, 0.25) is 10.0 Å². The van der Waals surface area contributed by atoms with Gasteiger partial charge in [-0.2, -0.15) is 0 Å². The number of urea groups is 1. The Morgan fingerprint density at radius 3 is 2.39 bits per heavy atom. The molecule has 1 aliphatic heterocycles. The van der Waals surface area contributed by atoms with Crippen molar-refractivity contribution in [2.75, 3.05) is 35.5 Å². The number of piperidine rings is 1. The number of anilines is 2. The molecule has 4 rings (SSSR count). The smallest absolute Gasteiger partial charge is 0.322 e. The molecule has 12 heteroatoms. The summed E-state index contributed by atoms with van der Waals surface area (Å²) in [6.07, 6.45) is 5.58. The number of hydrogen-bond donors (Lipinski definition) is 2. The van der Waals surface area contributed by atoms with Crippen LogP contribution in [0.1, 0.15) is 38.2 Å². The Balaban J connectivity index is 1.25. The second-order valence-corrected chi connectivity index (χ2v) is 11.8. The number of unbranched alkanes of at least 4 members (excludes halogenated alkanes) is 1. The van der Waals surface area contributed by atoms with Crippen LogP contribution in [-0.4, -0.2) is 56.3 Å². The number of nitrogens with zero attached hydrogens (tertiary/aromatic N) is 3. The number of pyridine rings is 1. The van der Waals surface area contributed by atoms with Crippen LogP contribution >= 0.6 is 0 Å². The van der Waals surface area contributed by atoms with Gasteiger partial charge in [-0.15, -0.1) is 0 Å². The van der Waals surface area contributed by atoms with Gasteiger partial charge in [-0.05, 0) is 61.2 Å². The first-order chi connectivity index (χ1) is 19.6. The highest BCUT2D eigenvalue weighted by molar-refractivity contribution is 7.92. The van der Waals surface area contributed by atoms with Crippen molar-refractivity contribution in [2.24, 2.45) is 0 Å². The molecule has 0 spiro atoms. The van der Waals surface area contributed by atoms with Gasteiger partial charge in [-0.25, -0.2) is 27.0 Å². The molecular weight excluding hydrogens is 552 g/mol. The van der Waals surface area contributed by atoms with Gasteiger partial charge >= 0.3 is 6.03 Å². The molecule has 1 fully saturated rings. The Labute approximate surface area is 239 Å². The van der Waals surface area contributed by atoms with E-state index >= 15 is 0 Å². The van der Waals surface area contributed by atoms with Crippen molar-refractivity contribution in [3.63, 3.8) is 0 Å². The Kier molecular flexibility index (Phi) is 10.1. The lowest BCUT2D eigenvalue weighted by molar-refractivity contribution is 0.188. The standard InChI is InChI=1S/C29H35F2N5O4S/c1-3-4-15-36(27-11-7-22(30)18-26(27)31)29(37)33-23-13-16-35(17-14-23)20-21-5-8-24(9-6-21)40-25-10-12-28(32-19-25)34-41(2,38)39/h5-12,18-19,23H,3-4,13-17,20H2,1-2H3,(H,32,34)(H,33,37). The van der Waals surface area contributed by atoms with Crippen molar-refractivity contribution >= 4 is 27.6 Å². The molecule has 2 N–H and O–H groups in total. The molecule has 3 aromatic rings. The number of rotatable bonds is 11. The van der Waals surface area contributed by atoms with Gasteiger partial charge in [0.1, 0.15) is 29.0 Å². The third kappa shape index (κ3) is 9.12. The monoisotopic (exact) mass is 587 g/mol. The molecule has 2 aromatic carbocycles. The molecule has 220 valence electrons. The maximum atomic E-state index is 14.4. The lowest BCUT2D eigenvalue weighted by Crippen LogP contribution is -2.49. The fraction of sp³-hybridized carbons (Fsp3) is 0.379. The van der Waals surface area contributed by atoms with E-state index in [-0.39, 0.29) is 23.6 Å². The number of hydrogen-bond acceptors (Lipinski definition) is 6. The topological polar surface area (TPSA) is 104 Å². The quantitative estimate of drug-likeness (QED) is 0.307. The lowest BCUT2D eigenvalue weighted by atomic mass is 10.0. The summed E-state index contributed by atoms with van der Waals surface area (Å²) in [6.45, 7) is 4.68. The summed E-state index contributed by atoms with van der Waals surface area (Å²) in [5, 5.41) is 3.04. The summed E-state index contributed by atoms with van der Waals surface area (Å²) in [5.74, 6) is -0.0968. The summed E-state index contributed by atoms with van der Waals surface area (Å²) < 4.78 is 58.6. The molecule has 1 aromatic heterocycles. The predicted octanol–water partition coefficient (Wildman–Crippen LogP) is 5.50. The van der Waals surface area contributed by atoms with Gasteiger partial charge in [0.15, 0.2) is 0 Å². The normalized spacial score (nSPS) is 14.4. The van der Waals surface area contributed by atoms with E-state index < -0.39 is 21.7 Å². The number of sulfonamides is 1. The van der Waals surface area contributed by atoms with Crippen molar-refractivity contribution < 1.29 is 26.7 Å². The molecule has 0 radical (unpaired) electrons. The molecule has 9 nitrogen and oxygen atoms in total. The Bertz CT molecular complexity index is 1410. The molecule has 1 saturated heterocycles. The van der Waals surface area contributed by atoms with Gasteiger partial charge in [-0.3, -0.25) is 14.5 Å². The summed E-state index contributed by atoms with van der Waals surface area (Å²) >= 11 is 0. The first kappa shape index (κ1) is 30.2. The van der Waals surface area contributed by atoms with E-state index in [9.17, 15) is 22.0 Å². The average molecular weight is 588 g/mol. The zero-order chi connectivity index (χ0) is 29.4. The minimum Gasteiger partial charge on any atom is -0.456 e. The summed E-state index contributed by atoms with van der Waals surface area (Å²) in [4.78, 5) is 20.8. The highest BCUT2D eigenvalue weighted by atomic mass is 32.2. The molecule has 0 atom stereocenters. The number of amides is 2. The molecule has 41 heavy (non-hydrogen) atoms. The fourth-order valence-corrected chi connectivity index (χ4v) is 5.08. The van der Waals surface area contributed by atoms with E-state index in [1.54, 1.807) is 6.07 Å². The lowest BCUT2D eigenvalue weighted by Gasteiger charge is -2.34. The van der Waals surface area contributed by atoms with Crippen molar-refractivity contribution in [3.05, 3.63) is 78.0 Å². The van der Waals surface area contributed by atoms with Crippen LogP contribution in [0.5, 0.6) is 11.5 Å². The predicted molar refractivity (Wildman–Crippen MR) is 155 cm³/mol. The largest absolute Gasteiger partial charge is 0.456 e. The van der Waals surface area contributed by atoms with Crippen LogP contribution in [0.15, 0.2) is 60.8 Å². The summed E-state index contributed by atoms with van der Waals surface area (Å²) in [7, 11) is -3.40. The first-order valence-corrected chi connectivity index (χ1v) is 15.4. The zero-order valence-corrected chi connectivity index (χ0v) is 24.0. The van der Waals surface area contributed by atoms with E-state index in [2.05, 4.69) is 19.9 Å². The van der Waals surface area contributed by atoms with Gasteiger partial charge < -0.3 is 10.1 Å². The SMILES string of the molecule is CCCCN(C(=O)NC1CCN(Cc2ccc(Oc3ccc(NS(C)(=O)=O)nc3)cc2)CC1)c1ccc(F)cc1F. The maximum Gasteiger partial charge on any atom is 0.322 e. The van der Waals surface area contributed by atoms with Crippen LogP contribution in [0.2, 0.25) is 0 Å². The number of benzene rings is 2. The van der Waals surface area contributed by atoms with Crippen LogP contribution in [0, 0.1) is 11.6 Å². The average Bonchev–Trinajstić information content (AvgIpc) is 2.92. The molecule has 2 heterocycles. The van der Waals surface area contributed by atoms with Crippen molar-refractivity contribution in [1.82, 2.24) is 15.2 Å². The highest BCUT2D eigenvalue weighted by Crippen LogP contribution is 2.24. The van der Waals surface area contributed by atoms with Crippen molar-refractivity contribution in [2.45, 2.75) is 45.2 Å². The number of aromatic nitrogens is 1. The molecule has 0 aliphatic carbocycles. The molecular formula is C29H35F2N5O4S. The van der Waals surface area contributed by atoms with E-state index in [1.165, 1.54) is 23.2 Å². The zero-order valence-electron chi connectivity index (χ0n) is 23.1. The minimum atomic E-state index is -3.40. The number of carbonyl (C=O) groups is 1. The van der Waals surface area contributed by atoms with Crippen molar-refractivity contribution in [3.8, 4) is 11.5 Å². The second-order valence-electron chi connectivity index (χ2n) is 10.1. The fourth-order valence-electron chi connectivity index (χ4n) is 4.58. The molecule has 0 saturated carbocycles. The van der Waals surface area contributed by atoms with E-state index in [0.29, 0.717) is 24.5 Å². The van der Waals surface area contributed by atoms with Gasteiger partial charge in [0.05, 0.1) is 18.1 Å². The highest BCUT2D eigenvalue weighted by Gasteiger charge is 2.25. The third-order valence-corrected chi connectivity index (χ3v) is 7.27. The van der Waals surface area contributed by atoms with E-state index in [4.69, 9.17) is 4.74 Å². The Morgan fingerprint density at radius 2 is 1.78 bits per heavy atom. The third-order valence-electron chi connectivity index (χ3n) is 6.69. The molecule has 1 aliphatic rings. The second kappa shape index (κ2) is 13.7. The number of ether oxygens (including phenoxy) is 1. The van der Waals surface area contributed by atoms with Gasteiger partial charge in [-0.1, -0.05) is 25.5 Å². The van der Waals surface area contributed by atoms with Crippen LogP contribution in [0.3, 0.4) is 0 Å². The van der Waals surface area contributed by atoms with Crippen LogP contribution < -0.4 is 19.7 Å². The maximum absolute atomic E-state index is 14.4. The molecule has 0 unspecified atom stereocenters. The number of likely N-dealkylation sites (tertiary alicyclic amines) is 1. The van der Waals surface area contributed by atoms with E-state index in [1.807, 2.05) is 31.2 Å². The molecule has 2 amide bonds. The number of carbonyl (C=O) groups excluding carboxylic acids is 1. The summed E-state index contributed by atoms with van der Waals surface area (Å²) in [6, 6.07) is 13.7. The minimum absolute atomic E-state index is 0.0326. The Hall–Kier alpha value is -3.77. The van der Waals surface area contributed by atoms with Crippen LogP contribution in [-0.2, 0) is 16.6 Å². The van der Waals surface area contributed by atoms with Gasteiger partial charge in [0, 0.05) is 38.3 Å². The number of halogens is 2. The molecule has 0 bridgehead atoms. The number of nitrogens with one attached hydrogen (secondary N) is 2. The van der Waals surface area contributed by atoms with Gasteiger partial charge in [0.25, 0.3) is 0 Å². The van der Waals surface area contributed by atoms with E-state index in [0.717, 1.165) is 62.8 Å². The Morgan fingerprint density at radius 1 is 1.07 bits per heavy atom. The first-order valence-electron chi connectivity index (χ1n) is 13.6.